The minimum atomic E-state index is 0.704. The second-order valence-electron chi connectivity index (χ2n) is 7.13. The highest BCUT2D eigenvalue weighted by molar-refractivity contribution is 6.30. The molecule has 0 bridgehead atoms. The molecule has 0 spiro atoms. The molecule has 144 valence electrons. The zero-order valence-electron chi connectivity index (χ0n) is 16.4. The van der Waals surface area contributed by atoms with Crippen LogP contribution in [0, 0.1) is 13.8 Å². The van der Waals surface area contributed by atoms with Crippen LogP contribution >= 0.6 is 11.6 Å². The molecule has 5 aromatic rings. The molecule has 0 aliphatic heterocycles. The second-order valence-corrected chi connectivity index (χ2v) is 7.57. The number of rotatable bonds is 3. The van der Waals surface area contributed by atoms with Gasteiger partial charge in [-0.25, -0.2) is 4.98 Å². The lowest BCUT2D eigenvalue weighted by molar-refractivity contribution is 0.391. The van der Waals surface area contributed by atoms with Crippen LogP contribution in [0.1, 0.15) is 11.3 Å². The number of aryl methyl sites for hydroxylation is 2. The van der Waals surface area contributed by atoms with Gasteiger partial charge in [0.15, 0.2) is 5.65 Å². The molecule has 3 heterocycles. The average molecular weight is 403 g/mol. The van der Waals surface area contributed by atoms with Crippen molar-refractivity contribution in [3.05, 3.63) is 77.1 Å². The van der Waals surface area contributed by atoms with Gasteiger partial charge in [-0.15, -0.1) is 0 Å². The summed E-state index contributed by atoms with van der Waals surface area (Å²) >= 11 is 6.14. The number of pyridine rings is 1. The van der Waals surface area contributed by atoms with Crippen molar-refractivity contribution >= 4 is 28.2 Å². The Morgan fingerprint density at radius 2 is 1.83 bits per heavy atom. The summed E-state index contributed by atoms with van der Waals surface area (Å²) in [4.78, 5) is 4.75. The normalized spacial score (nSPS) is 11.4. The van der Waals surface area contributed by atoms with Gasteiger partial charge in [0.05, 0.1) is 12.7 Å². The fraction of sp³-hybridized carbons (Fsp3) is 0.125. The number of furan rings is 1. The van der Waals surface area contributed by atoms with Gasteiger partial charge < -0.3 is 9.15 Å². The minimum Gasteiger partial charge on any atom is -0.481 e. The zero-order valence-corrected chi connectivity index (χ0v) is 17.1. The molecule has 2 aromatic carbocycles. The summed E-state index contributed by atoms with van der Waals surface area (Å²) in [5.74, 6) is 1.51. The summed E-state index contributed by atoms with van der Waals surface area (Å²) in [6.07, 6.45) is 1.95. The molecule has 29 heavy (non-hydrogen) atoms. The predicted molar refractivity (Wildman–Crippen MR) is 117 cm³/mol. The van der Waals surface area contributed by atoms with Gasteiger partial charge in [0, 0.05) is 22.2 Å². The molecular formula is C24H19ClN2O2. The lowest BCUT2D eigenvalue weighted by atomic mass is 9.98. The van der Waals surface area contributed by atoms with E-state index in [1.807, 2.05) is 60.0 Å². The Balaban J connectivity index is 1.88. The Kier molecular flexibility index (Phi) is 4.10. The van der Waals surface area contributed by atoms with Crippen LogP contribution in [-0.2, 0) is 0 Å². The van der Waals surface area contributed by atoms with E-state index >= 15 is 0 Å². The van der Waals surface area contributed by atoms with Gasteiger partial charge in [0.25, 0.3) is 0 Å². The molecule has 0 amide bonds. The fourth-order valence-corrected chi connectivity index (χ4v) is 4.01. The van der Waals surface area contributed by atoms with Crippen LogP contribution in [0.15, 0.2) is 65.2 Å². The maximum Gasteiger partial charge on any atom is 0.221 e. The van der Waals surface area contributed by atoms with Crippen molar-refractivity contribution in [1.82, 2.24) is 9.38 Å². The molecule has 0 fully saturated rings. The molecule has 0 saturated heterocycles. The van der Waals surface area contributed by atoms with Gasteiger partial charge in [0.2, 0.25) is 5.88 Å². The summed E-state index contributed by atoms with van der Waals surface area (Å²) in [5, 5.41) is 1.77. The van der Waals surface area contributed by atoms with Gasteiger partial charge in [-0.1, -0.05) is 35.4 Å². The molecule has 3 aromatic heterocycles. The molecular weight excluding hydrogens is 384 g/mol. The SMILES string of the molecule is COc1c(C)nc2c(-c3oc4ccc(C)cc4c3-c3ccc(Cl)cc3)cccn12. The van der Waals surface area contributed by atoms with Crippen LogP contribution in [0.2, 0.25) is 5.02 Å². The molecule has 0 saturated carbocycles. The first kappa shape index (κ1) is 17.8. The van der Waals surface area contributed by atoms with E-state index in [1.54, 1.807) is 7.11 Å². The first-order valence-corrected chi connectivity index (χ1v) is 9.75. The van der Waals surface area contributed by atoms with Gasteiger partial charge in [-0.05, 0) is 55.8 Å². The highest BCUT2D eigenvalue weighted by Crippen LogP contribution is 2.43. The molecule has 4 nitrogen and oxygen atoms in total. The zero-order chi connectivity index (χ0) is 20.1. The molecule has 0 atom stereocenters. The second kappa shape index (κ2) is 6.68. The smallest absolute Gasteiger partial charge is 0.221 e. The number of halogens is 1. The summed E-state index contributed by atoms with van der Waals surface area (Å²) in [6.45, 7) is 4.03. The van der Waals surface area contributed by atoms with E-state index in [1.165, 1.54) is 5.56 Å². The van der Waals surface area contributed by atoms with Crippen molar-refractivity contribution in [2.45, 2.75) is 13.8 Å². The average Bonchev–Trinajstić information content (AvgIpc) is 3.24. The largest absolute Gasteiger partial charge is 0.481 e. The van der Waals surface area contributed by atoms with Gasteiger partial charge in [0.1, 0.15) is 17.0 Å². The minimum absolute atomic E-state index is 0.704. The summed E-state index contributed by atoms with van der Waals surface area (Å²) in [6, 6.07) is 18.1. The first-order valence-electron chi connectivity index (χ1n) is 9.38. The highest BCUT2D eigenvalue weighted by Gasteiger charge is 2.22. The van der Waals surface area contributed by atoms with E-state index in [2.05, 4.69) is 19.1 Å². The Bertz CT molecular complexity index is 1360. The number of methoxy groups -OCH3 is 1. The Morgan fingerprint density at radius 3 is 2.59 bits per heavy atom. The van der Waals surface area contributed by atoms with Crippen molar-refractivity contribution < 1.29 is 9.15 Å². The van der Waals surface area contributed by atoms with Crippen LogP contribution in [0.3, 0.4) is 0 Å². The van der Waals surface area contributed by atoms with Crippen molar-refractivity contribution in [1.29, 1.82) is 0 Å². The van der Waals surface area contributed by atoms with E-state index < -0.39 is 0 Å². The number of hydrogen-bond donors (Lipinski definition) is 0. The van der Waals surface area contributed by atoms with Gasteiger partial charge >= 0.3 is 0 Å². The Labute approximate surface area is 173 Å². The number of benzene rings is 2. The predicted octanol–water partition coefficient (Wildman–Crippen LogP) is 6.69. The topological polar surface area (TPSA) is 39.7 Å². The molecule has 0 radical (unpaired) electrons. The summed E-state index contributed by atoms with van der Waals surface area (Å²) in [5.41, 5.74) is 6.65. The van der Waals surface area contributed by atoms with Crippen LogP contribution in [-0.4, -0.2) is 16.5 Å². The maximum absolute atomic E-state index is 6.39. The summed E-state index contributed by atoms with van der Waals surface area (Å²) < 4.78 is 13.9. The number of fused-ring (bicyclic) bond motifs is 2. The van der Waals surface area contributed by atoms with Crippen LogP contribution in [0.4, 0.5) is 0 Å². The summed E-state index contributed by atoms with van der Waals surface area (Å²) in [7, 11) is 1.66. The van der Waals surface area contributed by atoms with Gasteiger partial charge in [-0.3, -0.25) is 4.40 Å². The van der Waals surface area contributed by atoms with E-state index in [-0.39, 0.29) is 0 Å². The number of aromatic nitrogens is 2. The quantitative estimate of drug-likeness (QED) is 0.337. The molecule has 5 rings (SSSR count). The lowest BCUT2D eigenvalue weighted by Crippen LogP contribution is -1.92. The van der Waals surface area contributed by atoms with E-state index in [0.29, 0.717) is 5.02 Å². The molecule has 0 aliphatic rings. The number of nitrogens with zero attached hydrogens (tertiary/aromatic N) is 2. The number of ether oxygens (including phenoxy) is 1. The monoisotopic (exact) mass is 402 g/mol. The van der Waals surface area contributed by atoms with Crippen LogP contribution in [0.25, 0.3) is 39.1 Å². The van der Waals surface area contributed by atoms with Gasteiger partial charge in [-0.2, -0.15) is 0 Å². The third-order valence-corrected chi connectivity index (χ3v) is 5.44. The van der Waals surface area contributed by atoms with Crippen molar-refractivity contribution in [2.75, 3.05) is 7.11 Å². The molecule has 0 N–H and O–H groups in total. The Hall–Kier alpha value is -3.24. The number of hydrogen-bond acceptors (Lipinski definition) is 3. The fourth-order valence-electron chi connectivity index (χ4n) is 3.89. The molecule has 5 heteroatoms. The van der Waals surface area contributed by atoms with Crippen LogP contribution < -0.4 is 4.74 Å². The highest BCUT2D eigenvalue weighted by atomic mass is 35.5. The number of imidazole rings is 1. The van der Waals surface area contributed by atoms with E-state index in [0.717, 1.165) is 50.6 Å². The maximum atomic E-state index is 6.39. The van der Waals surface area contributed by atoms with Crippen molar-refractivity contribution in [3.8, 4) is 28.3 Å². The molecule has 0 aliphatic carbocycles. The van der Waals surface area contributed by atoms with E-state index in [4.69, 9.17) is 25.7 Å². The first-order chi connectivity index (χ1) is 14.1. The van der Waals surface area contributed by atoms with E-state index in [9.17, 15) is 0 Å². The standard InChI is InChI=1S/C24H19ClN2O2/c1-14-6-11-20-19(13-14)21(16-7-9-17(25)10-8-16)22(29-20)18-5-4-12-27-23(18)26-15(2)24(27)28-3/h4-13H,1-3H3. The van der Waals surface area contributed by atoms with Crippen molar-refractivity contribution in [3.63, 3.8) is 0 Å². The van der Waals surface area contributed by atoms with Crippen molar-refractivity contribution in [2.24, 2.45) is 0 Å². The van der Waals surface area contributed by atoms with Crippen LogP contribution in [0.5, 0.6) is 5.88 Å². The third kappa shape index (κ3) is 2.79. The Morgan fingerprint density at radius 1 is 1.03 bits per heavy atom. The third-order valence-electron chi connectivity index (χ3n) is 5.18. The lowest BCUT2D eigenvalue weighted by Gasteiger charge is -2.07. The molecule has 0 unspecified atom stereocenters.